The molecule has 1 saturated heterocycles. The quantitative estimate of drug-likeness (QED) is 0.833. The van der Waals surface area contributed by atoms with E-state index in [1.165, 1.54) is 0 Å². The Hall–Kier alpha value is -1.89. The Morgan fingerprint density at radius 1 is 1.29 bits per heavy atom. The van der Waals surface area contributed by atoms with Crippen LogP contribution < -0.4 is 0 Å². The van der Waals surface area contributed by atoms with Gasteiger partial charge in [0.2, 0.25) is 5.91 Å². The molecule has 2 aliphatic heterocycles. The van der Waals surface area contributed by atoms with Gasteiger partial charge in [0.1, 0.15) is 4.90 Å². The van der Waals surface area contributed by atoms with Crippen LogP contribution >= 0.6 is 0 Å². The predicted molar refractivity (Wildman–Crippen MR) is 92.4 cm³/mol. The molecule has 0 aliphatic carbocycles. The van der Waals surface area contributed by atoms with E-state index < -0.39 is 10.0 Å². The second kappa shape index (κ2) is 6.55. The van der Waals surface area contributed by atoms with E-state index in [0.717, 1.165) is 19.4 Å². The van der Waals surface area contributed by atoms with E-state index in [1.54, 1.807) is 18.2 Å². The molecule has 2 aliphatic rings. The molecular weight excluding hydrogens is 326 g/mol. The fraction of sp³-hybridized carbons (Fsp3) is 0.529. The number of likely N-dealkylation sites (tertiary alicyclic amines) is 1. The summed E-state index contributed by atoms with van der Waals surface area (Å²) in [5.74, 6) is 0.541. The maximum Gasteiger partial charge on any atom is 0.285 e. The highest BCUT2D eigenvalue weighted by Crippen LogP contribution is 2.30. The molecule has 1 aromatic rings. The molecule has 0 spiro atoms. The Balaban J connectivity index is 1.85. The van der Waals surface area contributed by atoms with Gasteiger partial charge in [0.05, 0.1) is 5.92 Å². The fourth-order valence-corrected chi connectivity index (χ4v) is 4.71. The lowest BCUT2D eigenvalue weighted by molar-refractivity contribution is -0.136. The summed E-state index contributed by atoms with van der Waals surface area (Å²) in [6.07, 6.45) is 1.70. The predicted octanol–water partition coefficient (Wildman–Crippen LogP) is 1.72. The normalized spacial score (nSPS) is 22.0. The first kappa shape index (κ1) is 17.0. The van der Waals surface area contributed by atoms with Gasteiger partial charge in [-0.05, 0) is 38.8 Å². The molecule has 0 saturated carbocycles. The van der Waals surface area contributed by atoms with Crippen molar-refractivity contribution >= 4 is 21.8 Å². The molecule has 3 rings (SSSR count). The number of sulfonamides is 1. The van der Waals surface area contributed by atoms with Crippen LogP contribution in [0.25, 0.3) is 0 Å². The molecule has 0 N–H and O–H groups in total. The zero-order valence-electron chi connectivity index (χ0n) is 14.1. The van der Waals surface area contributed by atoms with E-state index >= 15 is 0 Å². The molecule has 1 unspecified atom stereocenters. The topological polar surface area (TPSA) is 70.1 Å². The first-order valence-electron chi connectivity index (χ1n) is 8.46. The van der Waals surface area contributed by atoms with Crippen LogP contribution in [0.5, 0.6) is 0 Å². The molecule has 0 bridgehead atoms. The van der Waals surface area contributed by atoms with E-state index in [2.05, 4.69) is 4.40 Å². The summed E-state index contributed by atoms with van der Waals surface area (Å²) in [7, 11) is -3.62. The first-order chi connectivity index (χ1) is 11.5. The van der Waals surface area contributed by atoms with Gasteiger partial charge in [0, 0.05) is 31.7 Å². The van der Waals surface area contributed by atoms with Gasteiger partial charge in [0.15, 0.2) is 5.84 Å². The summed E-state index contributed by atoms with van der Waals surface area (Å²) in [6.45, 7) is 6.61. The largest absolute Gasteiger partial charge is 0.355 e. The minimum Gasteiger partial charge on any atom is -0.355 e. The second-order valence-corrected chi connectivity index (χ2v) is 7.75. The number of carbonyl (C=O) groups excluding carboxylic acids is 1. The standard InChI is InChI=1S/C17H23N3O3S/c1-3-19(4-2)17(21)13-8-7-11-20(12-13)16-14-9-5-6-10-15(14)24(22,23)18-16/h5-6,9-10,13H,3-4,7-8,11-12H2,1-2H3. The molecule has 0 aromatic heterocycles. The second-order valence-electron chi connectivity index (χ2n) is 6.18. The number of piperidine rings is 1. The number of benzene rings is 1. The zero-order valence-corrected chi connectivity index (χ0v) is 14.9. The number of amidine groups is 1. The molecule has 130 valence electrons. The Morgan fingerprint density at radius 3 is 2.71 bits per heavy atom. The molecule has 1 amide bonds. The summed E-state index contributed by atoms with van der Waals surface area (Å²) < 4.78 is 28.4. The van der Waals surface area contributed by atoms with Crippen molar-refractivity contribution < 1.29 is 13.2 Å². The third kappa shape index (κ3) is 2.92. The van der Waals surface area contributed by atoms with Crippen molar-refractivity contribution in [2.45, 2.75) is 31.6 Å². The van der Waals surface area contributed by atoms with Crippen molar-refractivity contribution in [1.29, 1.82) is 0 Å². The Morgan fingerprint density at radius 2 is 2.00 bits per heavy atom. The van der Waals surface area contributed by atoms with Crippen LogP contribution in [0.1, 0.15) is 32.3 Å². The van der Waals surface area contributed by atoms with E-state index in [9.17, 15) is 13.2 Å². The number of fused-ring (bicyclic) bond motifs is 1. The van der Waals surface area contributed by atoms with E-state index in [0.29, 0.717) is 31.0 Å². The van der Waals surface area contributed by atoms with Gasteiger partial charge < -0.3 is 9.80 Å². The number of nitrogens with zero attached hydrogens (tertiary/aromatic N) is 3. The molecule has 24 heavy (non-hydrogen) atoms. The van der Waals surface area contributed by atoms with Gasteiger partial charge in [-0.3, -0.25) is 4.79 Å². The van der Waals surface area contributed by atoms with Crippen LogP contribution in [0.3, 0.4) is 0 Å². The third-order valence-electron chi connectivity index (χ3n) is 4.76. The van der Waals surface area contributed by atoms with Gasteiger partial charge in [-0.25, -0.2) is 0 Å². The molecule has 6 nitrogen and oxygen atoms in total. The van der Waals surface area contributed by atoms with Crippen molar-refractivity contribution in [3.05, 3.63) is 29.8 Å². The van der Waals surface area contributed by atoms with Gasteiger partial charge in [-0.2, -0.15) is 8.42 Å². The first-order valence-corrected chi connectivity index (χ1v) is 9.90. The molecule has 1 fully saturated rings. The summed E-state index contributed by atoms with van der Waals surface area (Å²) in [5, 5.41) is 0. The van der Waals surface area contributed by atoms with Gasteiger partial charge in [-0.1, -0.05) is 12.1 Å². The van der Waals surface area contributed by atoms with E-state index in [1.807, 2.05) is 29.7 Å². The number of hydrogen-bond donors (Lipinski definition) is 0. The molecular formula is C17H23N3O3S. The number of rotatable bonds is 3. The smallest absolute Gasteiger partial charge is 0.285 e. The molecule has 1 atom stereocenters. The summed E-state index contributed by atoms with van der Waals surface area (Å²) in [5.41, 5.74) is 0.647. The van der Waals surface area contributed by atoms with Crippen LogP contribution in [0.4, 0.5) is 0 Å². The lowest BCUT2D eigenvalue weighted by Gasteiger charge is -2.35. The zero-order chi connectivity index (χ0) is 17.3. The van der Waals surface area contributed by atoms with Crippen molar-refractivity contribution in [2.24, 2.45) is 10.3 Å². The maximum absolute atomic E-state index is 12.6. The molecule has 0 radical (unpaired) electrons. The average molecular weight is 349 g/mol. The van der Waals surface area contributed by atoms with E-state index in [-0.39, 0.29) is 16.7 Å². The monoisotopic (exact) mass is 349 g/mol. The number of carbonyl (C=O) groups is 1. The summed E-state index contributed by atoms with van der Waals surface area (Å²) in [6, 6.07) is 6.90. The van der Waals surface area contributed by atoms with Gasteiger partial charge in [-0.15, -0.1) is 4.40 Å². The molecule has 7 heteroatoms. The number of hydrogen-bond acceptors (Lipinski definition) is 4. The van der Waals surface area contributed by atoms with Crippen LogP contribution in [0.2, 0.25) is 0 Å². The lowest BCUT2D eigenvalue weighted by atomic mass is 9.95. The highest BCUT2D eigenvalue weighted by atomic mass is 32.2. The average Bonchev–Trinajstić information content (AvgIpc) is 2.88. The fourth-order valence-electron chi connectivity index (χ4n) is 3.48. The minimum absolute atomic E-state index is 0.100. The Bertz CT molecular complexity index is 769. The Labute approximate surface area is 143 Å². The summed E-state index contributed by atoms with van der Waals surface area (Å²) in [4.78, 5) is 16.7. The van der Waals surface area contributed by atoms with E-state index in [4.69, 9.17) is 0 Å². The van der Waals surface area contributed by atoms with Crippen LogP contribution in [-0.2, 0) is 14.8 Å². The van der Waals surface area contributed by atoms with Gasteiger partial charge >= 0.3 is 0 Å². The SMILES string of the molecule is CCN(CC)C(=O)C1CCCN(C2=NS(=O)(=O)c3ccccc32)C1. The lowest BCUT2D eigenvalue weighted by Crippen LogP contribution is -2.46. The minimum atomic E-state index is -3.62. The third-order valence-corrected chi connectivity index (χ3v) is 6.08. The van der Waals surface area contributed by atoms with Crippen LogP contribution in [0.15, 0.2) is 33.6 Å². The van der Waals surface area contributed by atoms with Crippen molar-refractivity contribution in [3.8, 4) is 0 Å². The maximum atomic E-state index is 12.6. The van der Waals surface area contributed by atoms with Gasteiger partial charge in [0.25, 0.3) is 10.0 Å². The van der Waals surface area contributed by atoms with Crippen LogP contribution in [-0.4, -0.2) is 56.1 Å². The molecule has 2 heterocycles. The van der Waals surface area contributed by atoms with Crippen LogP contribution in [0, 0.1) is 5.92 Å². The number of amides is 1. The Kier molecular flexibility index (Phi) is 4.62. The molecule has 1 aromatic carbocycles. The van der Waals surface area contributed by atoms with Crippen molar-refractivity contribution in [2.75, 3.05) is 26.2 Å². The van der Waals surface area contributed by atoms with Crippen molar-refractivity contribution in [1.82, 2.24) is 9.80 Å². The summed E-state index contributed by atoms with van der Waals surface area (Å²) >= 11 is 0. The highest BCUT2D eigenvalue weighted by Gasteiger charge is 2.35. The highest BCUT2D eigenvalue weighted by molar-refractivity contribution is 7.90. The van der Waals surface area contributed by atoms with Crippen molar-refractivity contribution in [3.63, 3.8) is 0 Å².